The number of aromatic nitrogens is 1. The van der Waals surface area contributed by atoms with E-state index in [0.29, 0.717) is 19.8 Å². The van der Waals surface area contributed by atoms with E-state index >= 15 is 0 Å². The van der Waals surface area contributed by atoms with Gasteiger partial charge in [-0.1, -0.05) is 0 Å². The van der Waals surface area contributed by atoms with Crippen molar-refractivity contribution >= 4 is 12.0 Å². The van der Waals surface area contributed by atoms with Crippen molar-refractivity contribution in [3.8, 4) is 0 Å². The molecule has 0 spiro atoms. The van der Waals surface area contributed by atoms with E-state index in [1.54, 1.807) is 18.5 Å². The minimum absolute atomic E-state index is 0.0917. The molecule has 0 unspecified atom stereocenters. The summed E-state index contributed by atoms with van der Waals surface area (Å²) in [5.74, 6) is -0.0917. The quantitative estimate of drug-likeness (QED) is 0.586. The molecule has 1 aliphatic heterocycles. The number of carbonyl (C=O) groups is 1. The van der Waals surface area contributed by atoms with Gasteiger partial charge in [0, 0.05) is 38.2 Å². The summed E-state index contributed by atoms with van der Waals surface area (Å²) < 4.78 is 11.0. The van der Waals surface area contributed by atoms with Crippen LogP contribution in [0.5, 0.6) is 0 Å². The zero-order chi connectivity index (χ0) is 14.8. The molecule has 1 amide bonds. The van der Waals surface area contributed by atoms with Gasteiger partial charge in [-0.25, -0.2) is 0 Å². The predicted molar refractivity (Wildman–Crippen MR) is 80.7 cm³/mol. The molecular formula is C16H22N2O3. The van der Waals surface area contributed by atoms with Crippen LogP contribution in [0.2, 0.25) is 0 Å². The van der Waals surface area contributed by atoms with Gasteiger partial charge in [0.05, 0.1) is 12.7 Å². The van der Waals surface area contributed by atoms with Gasteiger partial charge in [0.15, 0.2) is 0 Å². The lowest BCUT2D eigenvalue weighted by atomic mass is 10.2. The highest BCUT2D eigenvalue weighted by molar-refractivity contribution is 5.91. The maximum absolute atomic E-state index is 11.6. The molecule has 0 saturated carbocycles. The fourth-order valence-electron chi connectivity index (χ4n) is 2.08. The topological polar surface area (TPSA) is 60.5 Å². The highest BCUT2D eigenvalue weighted by Gasteiger charge is 2.14. The summed E-state index contributed by atoms with van der Waals surface area (Å²) in [6.45, 7) is 2.78. The van der Waals surface area contributed by atoms with Gasteiger partial charge < -0.3 is 14.8 Å². The van der Waals surface area contributed by atoms with Crippen LogP contribution < -0.4 is 5.32 Å². The zero-order valence-electron chi connectivity index (χ0n) is 12.2. The lowest BCUT2D eigenvalue weighted by Gasteiger charge is -2.09. The van der Waals surface area contributed by atoms with Crippen LogP contribution in [0.1, 0.15) is 24.8 Å². The molecule has 0 radical (unpaired) electrons. The molecule has 1 atom stereocenters. The molecule has 1 fully saturated rings. The maximum Gasteiger partial charge on any atom is 0.244 e. The van der Waals surface area contributed by atoms with E-state index in [1.807, 2.05) is 12.1 Å². The van der Waals surface area contributed by atoms with Crippen LogP contribution in [0.4, 0.5) is 0 Å². The van der Waals surface area contributed by atoms with Crippen molar-refractivity contribution in [2.75, 3.05) is 26.4 Å². The van der Waals surface area contributed by atoms with Crippen molar-refractivity contribution < 1.29 is 14.3 Å². The third-order valence-corrected chi connectivity index (χ3v) is 3.23. The molecule has 2 rings (SSSR count). The lowest BCUT2D eigenvalue weighted by molar-refractivity contribution is -0.116. The molecule has 0 aliphatic carbocycles. The average molecular weight is 290 g/mol. The van der Waals surface area contributed by atoms with Gasteiger partial charge >= 0.3 is 0 Å². The van der Waals surface area contributed by atoms with Crippen molar-refractivity contribution in [2.45, 2.75) is 25.4 Å². The van der Waals surface area contributed by atoms with Crippen LogP contribution >= 0.6 is 0 Å². The standard InChI is InChI=1S/C16H22N2O3/c19-16(5-4-14-6-9-17-10-7-14)18-8-2-11-20-13-15-3-1-12-21-15/h4-7,9-10,15H,1-3,8,11-13H2,(H,18,19)/b5-4+/t15-/m0/s1. The Balaban J connectivity index is 1.50. The summed E-state index contributed by atoms with van der Waals surface area (Å²) in [4.78, 5) is 15.5. The van der Waals surface area contributed by atoms with Gasteiger partial charge in [0.2, 0.25) is 5.91 Å². The number of nitrogens with one attached hydrogen (secondary N) is 1. The first kappa shape index (κ1) is 15.7. The van der Waals surface area contributed by atoms with Crippen LogP contribution in [0.25, 0.3) is 6.08 Å². The lowest BCUT2D eigenvalue weighted by Crippen LogP contribution is -2.23. The van der Waals surface area contributed by atoms with Crippen molar-refractivity contribution in [1.29, 1.82) is 0 Å². The monoisotopic (exact) mass is 290 g/mol. The molecule has 2 heterocycles. The smallest absolute Gasteiger partial charge is 0.244 e. The van der Waals surface area contributed by atoms with Gasteiger partial charge in [-0.2, -0.15) is 0 Å². The van der Waals surface area contributed by atoms with E-state index in [4.69, 9.17) is 9.47 Å². The number of ether oxygens (including phenoxy) is 2. The second-order valence-electron chi connectivity index (χ2n) is 4.97. The molecule has 5 nitrogen and oxygen atoms in total. The number of pyridine rings is 1. The fraction of sp³-hybridized carbons (Fsp3) is 0.500. The SMILES string of the molecule is O=C(/C=C/c1ccncc1)NCCCOC[C@@H]1CCCO1. The van der Waals surface area contributed by atoms with Crippen molar-refractivity contribution in [2.24, 2.45) is 0 Å². The number of rotatable bonds is 8. The minimum atomic E-state index is -0.0917. The average Bonchev–Trinajstić information content (AvgIpc) is 3.03. The largest absolute Gasteiger partial charge is 0.379 e. The van der Waals surface area contributed by atoms with Crippen LogP contribution in [-0.2, 0) is 14.3 Å². The predicted octanol–water partition coefficient (Wildman–Crippen LogP) is 1.80. The summed E-state index contributed by atoms with van der Waals surface area (Å²) in [6, 6.07) is 3.70. The molecule has 0 aromatic carbocycles. The Kier molecular flexibility index (Phi) is 6.91. The molecule has 114 valence electrons. The Labute approximate surface area is 125 Å². The van der Waals surface area contributed by atoms with Crippen molar-refractivity contribution in [1.82, 2.24) is 10.3 Å². The van der Waals surface area contributed by atoms with Gasteiger partial charge in [-0.3, -0.25) is 9.78 Å². The number of amides is 1. The molecule has 1 aromatic rings. The second-order valence-corrected chi connectivity index (χ2v) is 4.97. The van der Waals surface area contributed by atoms with E-state index < -0.39 is 0 Å². The normalized spacial score (nSPS) is 18.2. The Bertz CT molecular complexity index is 442. The highest BCUT2D eigenvalue weighted by Crippen LogP contribution is 2.11. The van der Waals surface area contributed by atoms with E-state index in [2.05, 4.69) is 10.3 Å². The van der Waals surface area contributed by atoms with Crippen LogP contribution in [0.3, 0.4) is 0 Å². The summed E-state index contributed by atoms with van der Waals surface area (Å²) in [5, 5.41) is 2.83. The third-order valence-electron chi connectivity index (χ3n) is 3.23. The van der Waals surface area contributed by atoms with Gasteiger partial charge in [-0.05, 0) is 43.0 Å². The summed E-state index contributed by atoms with van der Waals surface area (Å²) in [7, 11) is 0. The van der Waals surface area contributed by atoms with Crippen molar-refractivity contribution in [3.63, 3.8) is 0 Å². The summed E-state index contributed by atoms with van der Waals surface area (Å²) in [6.07, 6.45) is 9.99. The molecular weight excluding hydrogens is 268 g/mol. The molecule has 5 heteroatoms. The number of carbonyl (C=O) groups excluding carboxylic acids is 1. The summed E-state index contributed by atoms with van der Waals surface area (Å²) in [5.41, 5.74) is 0.958. The summed E-state index contributed by atoms with van der Waals surface area (Å²) >= 11 is 0. The van der Waals surface area contributed by atoms with Crippen LogP contribution in [0.15, 0.2) is 30.6 Å². The second kappa shape index (κ2) is 9.26. The molecule has 1 aliphatic rings. The van der Waals surface area contributed by atoms with E-state index in [-0.39, 0.29) is 12.0 Å². The molecule has 1 aromatic heterocycles. The molecule has 0 bridgehead atoms. The van der Waals surface area contributed by atoms with Gasteiger partial charge in [0.1, 0.15) is 0 Å². The maximum atomic E-state index is 11.6. The van der Waals surface area contributed by atoms with Gasteiger partial charge in [-0.15, -0.1) is 0 Å². The highest BCUT2D eigenvalue weighted by atomic mass is 16.5. The number of hydrogen-bond donors (Lipinski definition) is 1. The van der Waals surface area contributed by atoms with Crippen LogP contribution in [0, 0.1) is 0 Å². The Morgan fingerprint density at radius 3 is 3.10 bits per heavy atom. The Morgan fingerprint density at radius 1 is 1.48 bits per heavy atom. The first-order valence-corrected chi connectivity index (χ1v) is 7.40. The number of nitrogens with zero attached hydrogens (tertiary/aromatic N) is 1. The van der Waals surface area contributed by atoms with E-state index in [9.17, 15) is 4.79 Å². The first-order chi connectivity index (χ1) is 10.3. The third kappa shape index (κ3) is 6.51. The fourth-order valence-corrected chi connectivity index (χ4v) is 2.08. The van der Waals surface area contributed by atoms with E-state index in [1.165, 1.54) is 6.08 Å². The van der Waals surface area contributed by atoms with Crippen LogP contribution in [-0.4, -0.2) is 43.4 Å². The van der Waals surface area contributed by atoms with Crippen molar-refractivity contribution in [3.05, 3.63) is 36.2 Å². The zero-order valence-corrected chi connectivity index (χ0v) is 12.2. The minimum Gasteiger partial charge on any atom is -0.379 e. The number of hydrogen-bond acceptors (Lipinski definition) is 4. The molecule has 1 N–H and O–H groups in total. The Hall–Kier alpha value is -1.72. The Morgan fingerprint density at radius 2 is 2.33 bits per heavy atom. The van der Waals surface area contributed by atoms with E-state index in [0.717, 1.165) is 31.4 Å². The molecule has 21 heavy (non-hydrogen) atoms. The molecule has 1 saturated heterocycles. The van der Waals surface area contributed by atoms with Gasteiger partial charge in [0.25, 0.3) is 0 Å². The first-order valence-electron chi connectivity index (χ1n) is 7.40.